The first-order valence-corrected chi connectivity index (χ1v) is 9.39. The fourth-order valence-corrected chi connectivity index (χ4v) is 4.61. The van der Waals surface area contributed by atoms with Gasteiger partial charge in [0.05, 0.1) is 18.7 Å². The third-order valence-electron chi connectivity index (χ3n) is 5.95. The normalized spacial score (nSPS) is 22.8. The Bertz CT molecular complexity index is 1050. The number of carbonyl (C=O) groups is 1. The summed E-state index contributed by atoms with van der Waals surface area (Å²) in [6.07, 6.45) is 5.72. The summed E-state index contributed by atoms with van der Waals surface area (Å²) in [6.45, 7) is 0. The van der Waals surface area contributed by atoms with Crippen molar-refractivity contribution in [1.29, 1.82) is 0 Å². The molecule has 0 unspecified atom stereocenters. The second kappa shape index (κ2) is 6.27. The van der Waals surface area contributed by atoms with Crippen molar-refractivity contribution >= 4 is 22.4 Å². The van der Waals surface area contributed by atoms with Crippen molar-refractivity contribution in [2.75, 3.05) is 12.4 Å². The second-order valence-electron chi connectivity index (χ2n) is 7.34. The number of nitrogens with one attached hydrogen (secondary N) is 1. The molecule has 0 saturated carbocycles. The van der Waals surface area contributed by atoms with E-state index in [9.17, 15) is 4.79 Å². The Morgan fingerprint density at radius 3 is 2.67 bits per heavy atom. The summed E-state index contributed by atoms with van der Waals surface area (Å²) in [5.41, 5.74) is 4.42. The highest BCUT2D eigenvalue weighted by molar-refractivity contribution is 5.96. The fourth-order valence-electron chi connectivity index (χ4n) is 4.61. The molecule has 1 heterocycles. The van der Waals surface area contributed by atoms with Crippen LogP contribution in [0.25, 0.3) is 10.8 Å². The molecule has 3 aromatic rings. The fraction of sp³-hybridized carbons (Fsp3) is 0.208. The lowest BCUT2D eigenvalue weighted by Crippen LogP contribution is -2.29. The quantitative estimate of drug-likeness (QED) is 0.490. The van der Waals surface area contributed by atoms with Gasteiger partial charge in [0, 0.05) is 17.0 Å². The Morgan fingerprint density at radius 2 is 1.85 bits per heavy atom. The molecule has 3 atom stereocenters. The Hall–Kier alpha value is -3.07. The molecule has 1 aliphatic heterocycles. The number of carbonyl (C=O) groups excluding carboxylic acids is 1. The van der Waals surface area contributed by atoms with Gasteiger partial charge in [0.2, 0.25) is 0 Å². The summed E-state index contributed by atoms with van der Waals surface area (Å²) in [7, 11) is 1.41. The molecule has 0 fully saturated rings. The van der Waals surface area contributed by atoms with Crippen molar-refractivity contribution in [3.8, 4) is 0 Å². The van der Waals surface area contributed by atoms with E-state index in [1.807, 2.05) is 12.1 Å². The molecule has 0 amide bonds. The van der Waals surface area contributed by atoms with Crippen molar-refractivity contribution in [3.63, 3.8) is 0 Å². The van der Waals surface area contributed by atoms with Crippen LogP contribution in [0.3, 0.4) is 0 Å². The van der Waals surface area contributed by atoms with E-state index in [2.05, 4.69) is 66.0 Å². The van der Waals surface area contributed by atoms with Crippen LogP contribution in [-0.4, -0.2) is 13.1 Å². The molecule has 2 aliphatic rings. The van der Waals surface area contributed by atoms with Crippen LogP contribution in [0.5, 0.6) is 0 Å². The average Bonchev–Trinajstić information content (AvgIpc) is 3.22. The van der Waals surface area contributed by atoms with Crippen molar-refractivity contribution in [2.45, 2.75) is 18.4 Å². The lowest BCUT2D eigenvalue weighted by Gasteiger charge is -2.38. The zero-order chi connectivity index (χ0) is 18.4. The highest BCUT2D eigenvalue weighted by atomic mass is 16.5. The Labute approximate surface area is 158 Å². The minimum absolute atomic E-state index is 0.218. The zero-order valence-electron chi connectivity index (χ0n) is 15.2. The Balaban J connectivity index is 1.59. The second-order valence-corrected chi connectivity index (χ2v) is 7.34. The molecule has 0 saturated heterocycles. The summed E-state index contributed by atoms with van der Waals surface area (Å²) < 4.78 is 4.82. The monoisotopic (exact) mass is 355 g/mol. The van der Waals surface area contributed by atoms with E-state index in [1.165, 1.54) is 34.7 Å². The molecular weight excluding hydrogens is 334 g/mol. The maximum absolute atomic E-state index is 11.7. The van der Waals surface area contributed by atoms with Gasteiger partial charge < -0.3 is 10.1 Å². The van der Waals surface area contributed by atoms with Crippen LogP contribution >= 0.6 is 0 Å². The van der Waals surface area contributed by atoms with Crippen molar-refractivity contribution in [2.24, 2.45) is 5.92 Å². The number of ether oxygens (including phenoxy) is 1. The number of allylic oxidation sites excluding steroid dienone is 2. The maximum Gasteiger partial charge on any atom is 0.337 e. The molecule has 3 heteroatoms. The van der Waals surface area contributed by atoms with Gasteiger partial charge in [0.25, 0.3) is 0 Å². The number of hydrogen-bond acceptors (Lipinski definition) is 3. The first kappa shape index (κ1) is 16.1. The van der Waals surface area contributed by atoms with Gasteiger partial charge in [-0.05, 0) is 41.0 Å². The molecule has 27 heavy (non-hydrogen) atoms. The van der Waals surface area contributed by atoms with Crippen LogP contribution < -0.4 is 5.32 Å². The van der Waals surface area contributed by atoms with Crippen molar-refractivity contribution in [3.05, 3.63) is 89.5 Å². The number of hydrogen-bond donors (Lipinski definition) is 1. The molecule has 134 valence electrons. The van der Waals surface area contributed by atoms with E-state index >= 15 is 0 Å². The summed E-state index contributed by atoms with van der Waals surface area (Å²) in [5.74, 6) is 0.619. The first-order chi connectivity index (χ1) is 13.3. The standard InChI is InChI=1S/C24H21NO2/c1-27-24(26)17-11-9-16(10-12-17)22-20-8-4-7-19(20)21-14-13-15-5-2-3-6-18(15)23(21)25-22/h2-7,9-14,19-20,22,25H,8H2,1H3/t19-,20+,22+/m0/s1. The summed E-state index contributed by atoms with van der Waals surface area (Å²) in [6, 6.07) is 21.1. The average molecular weight is 355 g/mol. The van der Waals surface area contributed by atoms with Crippen LogP contribution in [0.4, 0.5) is 5.69 Å². The summed E-state index contributed by atoms with van der Waals surface area (Å²) >= 11 is 0. The van der Waals surface area contributed by atoms with Gasteiger partial charge in [-0.1, -0.05) is 60.7 Å². The van der Waals surface area contributed by atoms with Gasteiger partial charge in [0.1, 0.15) is 0 Å². The molecular formula is C24H21NO2. The lowest BCUT2D eigenvalue weighted by molar-refractivity contribution is 0.0600. The highest BCUT2D eigenvalue weighted by Crippen LogP contribution is 2.51. The molecule has 1 aliphatic carbocycles. The van der Waals surface area contributed by atoms with Gasteiger partial charge >= 0.3 is 5.97 Å². The minimum Gasteiger partial charge on any atom is -0.465 e. The van der Waals surface area contributed by atoms with E-state index in [-0.39, 0.29) is 12.0 Å². The zero-order valence-corrected chi connectivity index (χ0v) is 15.2. The summed E-state index contributed by atoms with van der Waals surface area (Å²) in [5, 5.41) is 6.36. The molecule has 0 aromatic heterocycles. The van der Waals surface area contributed by atoms with E-state index < -0.39 is 0 Å². The third-order valence-corrected chi connectivity index (χ3v) is 5.95. The van der Waals surface area contributed by atoms with Crippen LogP contribution in [0, 0.1) is 5.92 Å². The molecule has 0 spiro atoms. The van der Waals surface area contributed by atoms with Gasteiger partial charge in [-0.15, -0.1) is 0 Å². The number of fused-ring (bicyclic) bond motifs is 5. The number of rotatable bonds is 2. The number of methoxy groups -OCH3 is 1. The minimum atomic E-state index is -0.296. The van der Waals surface area contributed by atoms with Crippen molar-refractivity contribution in [1.82, 2.24) is 0 Å². The third kappa shape index (κ3) is 2.54. The predicted molar refractivity (Wildman–Crippen MR) is 108 cm³/mol. The van der Waals surface area contributed by atoms with E-state index in [4.69, 9.17) is 4.74 Å². The largest absolute Gasteiger partial charge is 0.465 e. The molecule has 1 N–H and O–H groups in total. The molecule has 3 nitrogen and oxygen atoms in total. The lowest BCUT2D eigenvalue weighted by atomic mass is 9.76. The van der Waals surface area contributed by atoms with Crippen LogP contribution in [-0.2, 0) is 4.74 Å². The summed E-state index contributed by atoms with van der Waals surface area (Å²) in [4.78, 5) is 11.7. The Kier molecular flexibility index (Phi) is 3.75. The van der Waals surface area contributed by atoms with Crippen LogP contribution in [0.2, 0.25) is 0 Å². The molecule has 0 bridgehead atoms. The van der Waals surface area contributed by atoms with Gasteiger partial charge in [0.15, 0.2) is 0 Å². The van der Waals surface area contributed by atoms with Gasteiger partial charge in [-0.25, -0.2) is 4.79 Å². The van der Waals surface area contributed by atoms with Gasteiger partial charge in [-0.3, -0.25) is 0 Å². The SMILES string of the molecule is COC(=O)c1ccc([C@H]2Nc3c(ccc4ccccc34)[C@H]3C=CC[C@H]32)cc1. The van der Waals surface area contributed by atoms with Gasteiger partial charge in [-0.2, -0.15) is 0 Å². The maximum atomic E-state index is 11.7. The topological polar surface area (TPSA) is 38.3 Å². The molecule has 5 rings (SSSR count). The highest BCUT2D eigenvalue weighted by Gasteiger charge is 2.38. The van der Waals surface area contributed by atoms with Crippen LogP contribution in [0.15, 0.2) is 72.8 Å². The van der Waals surface area contributed by atoms with E-state index in [1.54, 1.807) is 0 Å². The molecule has 0 radical (unpaired) electrons. The number of anilines is 1. The van der Waals surface area contributed by atoms with E-state index in [0.717, 1.165) is 6.42 Å². The number of benzene rings is 3. The predicted octanol–water partition coefficient (Wildman–Crippen LogP) is 5.45. The first-order valence-electron chi connectivity index (χ1n) is 9.39. The van der Waals surface area contributed by atoms with E-state index in [0.29, 0.717) is 17.4 Å². The smallest absolute Gasteiger partial charge is 0.337 e. The number of esters is 1. The molecule has 3 aromatic carbocycles. The Morgan fingerprint density at radius 1 is 1.04 bits per heavy atom. The van der Waals surface area contributed by atoms with Crippen molar-refractivity contribution < 1.29 is 9.53 Å². The van der Waals surface area contributed by atoms with Crippen LogP contribution in [0.1, 0.15) is 39.9 Å².